The first-order valence-corrected chi connectivity index (χ1v) is 8.66. The minimum Gasteiger partial charge on any atom is -0.354 e. The van der Waals surface area contributed by atoms with Crippen LogP contribution >= 0.6 is 0 Å². The van der Waals surface area contributed by atoms with Crippen LogP contribution < -0.4 is 10.6 Å². The van der Waals surface area contributed by atoms with Crippen LogP contribution in [-0.2, 0) is 15.1 Å². The van der Waals surface area contributed by atoms with Crippen molar-refractivity contribution in [1.82, 2.24) is 15.5 Å². The number of nitrogens with zero attached hydrogens (tertiary/aromatic N) is 1. The lowest BCUT2D eigenvalue weighted by Gasteiger charge is -2.22. The summed E-state index contributed by atoms with van der Waals surface area (Å²) < 4.78 is 0. The number of urea groups is 1. The minimum absolute atomic E-state index is 0.267. The Hall–Kier alpha value is -2.37. The largest absolute Gasteiger partial charge is 0.354 e. The zero-order valence-corrected chi connectivity index (χ0v) is 15.6. The summed E-state index contributed by atoms with van der Waals surface area (Å²) in [5.41, 5.74) is 0.722. The third-order valence-electron chi connectivity index (χ3n) is 4.44. The molecule has 1 aliphatic heterocycles. The Kier molecular flexibility index (Phi) is 5.50. The van der Waals surface area contributed by atoms with Crippen molar-refractivity contribution < 1.29 is 14.4 Å². The molecule has 0 spiro atoms. The first-order valence-electron chi connectivity index (χ1n) is 8.66. The summed E-state index contributed by atoms with van der Waals surface area (Å²) in [5.74, 6) is -0.0558. The molecule has 6 heteroatoms. The molecule has 0 radical (unpaired) electrons. The molecular weight excluding hydrogens is 318 g/mol. The molecule has 1 aromatic carbocycles. The molecule has 1 saturated heterocycles. The Morgan fingerprint density at radius 1 is 1.16 bits per heavy atom. The molecule has 1 fully saturated rings. The average Bonchev–Trinajstić information content (AvgIpc) is 2.77. The number of rotatable bonds is 6. The van der Waals surface area contributed by atoms with Crippen molar-refractivity contribution in [2.24, 2.45) is 5.92 Å². The van der Waals surface area contributed by atoms with Crippen molar-refractivity contribution in [3.63, 3.8) is 0 Å². The molecule has 0 bridgehead atoms. The van der Waals surface area contributed by atoms with Gasteiger partial charge in [-0.25, -0.2) is 4.79 Å². The lowest BCUT2D eigenvalue weighted by molar-refractivity contribution is -0.134. The van der Waals surface area contributed by atoms with Gasteiger partial charge in [-0.3, -0.25) is 14.5 Å². The maximum absolute atomic E-state index is 12.8. The molecule has 4 amide bonds. The van der Waals surface area contributed by atoms with Gasteiger partial charge in [-0.1, -0.05) is 52.0 Å². The van der Waals surface area contributed by atoms with Gasteiger partial charge >= 0.3 is 6.03 Å². The number of benzene rings is 1. The topological polar surface area (TPSA) is 78.5 Å². The summed E-state index contributed by atoms with van der Waals surface area (Å²) in [5, 5.41) is 5.45. The van der Waals surface area contributed by atoms with Crippen molar-refractivity contribution in [1.29, 1.82) is 0 Å². The van der Waals surface area contributed by atoms with Crippen LogP contribution in [-0.4, -0.2) is 35.8 Å². The Balaban J connectivity index is 2.14. The van der Waals surface area contributed by atoms with Crippen LogP contribution in [0.5, 0.6) is 0 Å². The van der Waals surface area contributed by atoms with E-state index in [1.54, 1.807) is 6.92 Å². The smallest absolute Gasteiger partial charge is 0.325 e. The van der Waals surface area contributed by atoms with Crippen molar-refractivity contribution in [3.8, 4) is 0 Å². The summed E-state index contributed by atoms with van der Waals surface area (Å²) in [6, 6.07) is 7.09. The first-order chi connectivity index (χ1) is 11.6. The Labute approximate surface area is 149 Å². The molecule has 1 atom stereocenters. The SMILES string of the molecule is CC(C)CNC(=O)CN1C(=O)N[C@](C)(c2ccc(C(C)C)cc2)C1=O. The van der Waals surface area contributed by atoms with Gasteiger partial charge in [0.15, 0.2) is 0 Å². The second kappa shape index (κ2) is 7.25. The number of carbonyl (C=O) groups is 3. The molecule has 6 nitrogen and oxygen atoms in total. The van der Waals surface area contributed by atoms with Crippen molar-refractivity contribution in [3.05, 3.63) is 35.4 Å². The molecule has 0 aromatic heterocycles. The summed E-state index contributed by atoms with van der Waals surface area (Å²) in [4.78, 5) is 38.0. The molecule has 25 heavy (non-hydrogen) atoms. The van der Waals surface area contributed by atoms with Gasteiger partial charge in [0.25, 0.3) is 5.91 Å². The average molecular weight is 345 g/mol. The second-order valence-corrected chi connectivity index (χ2v) is 7.42. The molecule has 1 aliphatic rings. The van der Waals surface area contributed by atoms with Crippen LogP contribution in [0.25, 0.3) is 0 Å². The standard InChI is InChI=1S/C19H27N3O3/c1-12(2)10-20-16(23)11-22-17(24)19(5,21-18(22)25)15-8-6-14(7-9-15)13(3)4/h6-9,12-13H,10-11H2,1-5H3,(H,20,23)(H,21,25)/t19-/m1/s1. The van der Waals surface area contributed by atoms with Gasteiger partial charge in [-0.15, -0.1) is 0 Å². The normalized spacial score (nSPS) is 20.4. The van der Waals surface area contributed by atoms with E-state index in [1.807, 2.05) is 38.1 Å². The Morgan fingerprint density at radius 3 is 2.28 bits per heavy atom. The molecular formula is C19H27N3O3. The molecule has 2 rings (SSSR count). The van der Waals surface area contributed by atoms with E-state index in [4.69, 9.17) is 0 Å². The molecule has 0 unspecified atom stereocenters. The van der Waals surface area contributed by atoms with Gasteiger partial charge in [-0.2, -0.15) is 0 Å². The van der Waals surface area contributed by atoms with E-state index in [2.05, 4.69) is 24.5 Å². The van der Waals surface area contributed by atoms with Crippen LogP contribution in [0.1, 0.15) is 51.7 Å². The fourth-order valence-corrected chi connectivity index (χ4v) is 2.76. The highest BCUT2D eigenvalue weighted by atomic mass is 16.2. The van der Waals surface area contributed by atoms with Crippen molar-refractivity contribution in [2.45, 2.75) is 46.1 Å². The van der Waals surface area contributed by atoms with Crippen molar-refractivity contribution >= 4 is 17.8 Å². The van der Waals surface area contributed by atoms with Crippen LogP contribution in [0.2, 0.25) is 0 Å². The lowest BCUT2D eigenvalue weighted by Crippen LogP contribution is -2.43. The predicted molar refractivity (Wildman–Crippen MR) is 96.0 cm³/mol. The summed E-state index contributed by atoms with van der Waals surface area (Å²) in [6.07, 6.45) is 0. The van der Waals surface area contributed by atoms with Gasteiger partial charge in [0.2, 0.25) is 5.91 Å². The van der Waals surface area contributed by atoms with E-state index in [0.717, 1.165) is 10.5 Å². The highest BCUT2D eigenvalue weighted by Crippen LogP contribution is 2.29. The zero-order chi connectivity index (χ0) is 18.8. The second-order valence-electron chi connectivity index (χ2n) is 7.42. The van der Waals surface area contributed by atoms with E-state index in [0.29, 0.717) is 23.9 Å². The maximum atomic E-state index is 12.8. The lowest BCUT2D eigenvalue weighted by atomic mass is 9.90. The maximum Gasteiger partial charge on any atom is 0.325 e. The minimum atomic E-state index is -1.15. The monoisotopic (exact) mass is 345 g/mol. The Morgan fingerprint density at radius 2 is 1.76 bits per heavy atom. The summed E-state index contributed by atoms with van der Waals surface area (Å²) in [7, 11) is 0. The molecule has 0 saturated carbocycles. The number of carbonyl (C=O) groups excluding carboxylic acids is 3. The molecule has 1 heterocycles. The fraction of sp³-hybridized carbons (Fsp3) is 0.526. The molecule has 136 valence electrons. The van der Waals surface area contributed by atoms with Crippen molar-refractivity contribution in [2.75, 3.05) is 13.1 Å². The third kappa shape index (κ3) is 4.00. The Bertz CT molecular complexity index is 667. The first kappa shape index (κ1) is 19.0. The van der Waals surface area contributed by atoms with Crippen LogP contribution in [0.4, 0.5) is 4.79 Å². The van der Waals surface area contributed by atoms with Gasteiger partial charge in [0.1, 0.15) is 12.1 Å². The number of nitrogens with one attached hydrogen (secondary N) is 2. The summed E-state index contributed by atoms with van der Waals surface area (Å²) in [6.45, 7) is 10.1. The van der Waals surface area contributed by atoms with Crippen LogP contribution in [0.3, 0.4) is 0 Å². The molecule has 0 aliphatic carbocycles. The summed E-state index contributed by atoms with van der Waals surface area (Å²) >= 11 is 0. The number of imide groups is 1. The van der Waals surface area contributed by atoms with Crippen LogP contribution in [0, 0.1) is 5.92 Å². The predicted octanol–water partition coefficient (Wildman–Crippen LogP) is 2.35. The van der Waals surface area contributed by atoms with E-state index in [1.165, 1.54) is 0 Å². The van der Waals surface area contributed by atoms with Gasteiger partial charge in [-0.05, 0) is 29.9 Å². The van der Waals surface area contributed by atoms with E-state index < -0.39 is 17.5 Å². The molecule has 1 aromatic rings. The van der Waals surface area contributed by atoms with Gasteiger partial charge in [0.05, 0.1) is 0 Å². The zero-order valence-electron chi connectivity index (χ0n) is 15.6. The van der Waals surface area contributed by atoms with Crippen LogP contribution in [0.15, 0.2) is 24.3 Å². The van der Waals surface area contributed by atoms with E-state index >= 15 is 0 Å². The van der Waals surface area contributed by atoms with E-state index in [9.17, 15) is 14.4 Å². The van der Waals surface area contributed by atoms with E-state index in [-0.39, 0.29) is 12.5 Å². The quantitative estimate of drug-likeness (QED) is 0.777. The highest BCUT2D eigenvalue weighted by Gasteiger charge is 2.49. The van der Waals surface area contributed by atoms with Gasteiger partial charge in [0, 0.05) is 6.54 Å². The third-order valence-corrected chi connectivity index (χ3v) is 4.44. The highest BCUT2D eigenvalue weighted by molar-refractivity contribution is 6.09. The fourth-order valence-electron chi connectivity index (χ4n) is 2.76. The number of hydrogen-bond donors (Lipinski definition) is 2. The van der Waals surface area contributed by atoms with Gasteiger partial charge < -0.3 is 10.6 Å². The molecule has 2 N–H and O–H groups in total. The number of amides is 4. The number of hydrogen-bond acceptors (Lipinski definition) is 3.